The lowest BCUT2D eigenvalue weighted by Crippen LogP contribution is -2.40. The Morgan fingerprint density at radius 2 is 2.23 bits per heavy atom. The zero-order valence-electron chi connectivity index (χ0n) is 12.4. The highest BCUT2D eigenvalue weighted by Crippen LogP contribution is 2.25. The summed E-state index contributed by atoms with van der Waals surface area (Å²) in [4.78, 5) is 16.3. The fraction of sp³-hybridized carbons (Fsp3) is 0.375. The summed E-state index contributed by atoms with van der Waals surface area (Å²) in [6, 6.07) is 7.31. The molecule has 2 heterocycles. The summed E-state index contributed by atoms with van der Waals surface area (Å²) in [6.45, 7) is 3.08. The van der Waals surface area contributed by atoms with Crippen molar-refractivity contribution in [3.8, 4) is 11.3 Å². The Labute approximate surface area is 134 Å². The second-order valence-electron chi connectivity index (χ2n) is 5.40. The molecule has 0 aliphatic carbocycles. The molecule has 1 fully saturated rings. The lowest BCUT2D eigenvalue weighted by atomic mass is 10.1. The topological polar surface area (TPSA) is 67.2 Å². The second-order valence-corrected chi connectivity index (χ2v) is 5.83. The van der Waals surface area contributed by atoms with Crippen LogP contribution in [0.15, 0.2) is 28.7 Å². The van der Waals surface area contributed by atoms with E-state index in [1.54, 1.807) is 0 Å². The Morgan fingerprint density at radius 1 is 1.45 bits per heavy atom. The van der Waals surface area contributed by atoms with Crippen LogP contribution in [-0.2, 0) is 11.3 Å². The molecule has 1 atom stereocenters. The maximum absolute atomic E-state index is 12.0. The highest BCUT2D eigenvalue weighted by Gasteiger charge is 2.22. The average Bonchev–Trinajstić information content (AvgIpc) is 3.15. The molecule has 1 aromatic carbocycles. The van der Waals surface area contributed by atoms with Gasteiger partial charge in [0, 0.05) is 10.6 Å². The Hall–Kier alpha value is -1.85. The number of aromatic nitrogens is 1. The van der Waals surface area contributed by atoms with Gasteiger partial charge in [0.15, 0.2) is 5.76 Å². The van der Waals surface area contributed by atoms with E-state index in [1.807, 2.05) is 31.2 Å². The van der Waals surface area contributed by atoms with Gasteiger partial charge in [-0.1, -0.05) is 11.6 Å². The number of hydrogen-bond donors (Lipinski definition) is 2. The third-order valence-electron chi connectivity index (χ3n) is 3.74. The minimum Gasteiger partial charge on any atom is -0.438 e. The summed E-state index contributed by atoms with van der Waals surface area (Å²) in [5.74, 6) is 1.22. The van der Waals surface area contributed by atoms with Crippen LogP contribution < -0.4 is 10.6 Å². The summed E-state index contributed by atoms with van der Waals surface area (Å²) in [5, 5.41) is 6.71. The number of halogens is 1. The molecule has 2 aromatic rings. The van der Waals surface area contributed by atoms with Crippen LogP contribution in [-0.4, -0.2) is 23.5 Å². The normalized spacial score (nSPS) is 17.6. The molecule has 116 valence electrons. The van der Waals surface area contributed by atoms with Crippen LogP contribution in [0.4, 0.5) is 0 Å². The first-order chi connectivity index (χ1) is 10.6. The van der Waals surface area contributed by atoms with E-state index in [1.165, 1.54) is 0 Å². The van der Waals surface area contributed by atoms with Crippen molar-refractivity contribution >= 4 is 17.5 Å². The number of oxazole rings is 1. The Bertz CT molecular complexity index is 661. The van der Waals surface area contributed by atoms with Crippen LogP contribution in [0.3, 0.4) is 0 Å². The molecule has 0 spiro atoms. The first kappa shape index (κ1) is 15.1. The highest BCUT2D eigenvalue weighted by molar-refractivity contribution is 6.30. The van der Waals surface area contributed by atoms with Crippen LogP contribution in [0.2, 0.25) is 5.02 Å². The quantitative estimate of drug-likeness (QED) is 0.909. The van der Waals surface area contributed by atoms with Crippen molar-refractivity contribution in [3.05, 3.63) is 40.9 Å². The van der Waals surface area contributed by atoms with Gasteiger partial charge in [-0.15, -0.1) is 0 Å². The molecule has 1 unspecified atom stereocenters. The maximum Gasteiger partial charge on any atom is 0.237 e. The third kappa shape index (κ3) is 3.31. The van der Waals surface area contributed by atoms with Gasteiger partial charge in [-0.2, -0.15) is 0 Å². The lowest BCUT2D eigenvalue weighted by molar-refractivity contribution is -0.123. The summed E-state index contributed by atoms with van der Waals surface area (Å²) in [7, 11) is 0. The van der Waals surface area contributed by atoms with Gasteiger partial charge in [0.2, 0.25) is 11.8 Å². The van der Waals surface area contributed by atoms with E-state index < -0.39 is 0 Å². The van der Waals surface area contributed by atoms with Gasteiger partial charge in [0.05, 0.1) is 18.3 Å². The summed E-state index contributed by atoms with van der Waals surface area (Å²) < 4.78 is 5.76. The van der Waals surface area contributed by atoms with Gasteiger partial charge in [-0.25, -0.2) is 4.98 Å². The molecule has 2 N–H and O–H groups in total. The molecule has 1 aliphatic rings. The molecule has 3 rings (SSSR count). The summed E-state index contributed by atoms with van der Waals surface area (Å²) in [6.07, 6.45) is 1.92. The number of nitrogens with zero attached hydrogens (tertiary/aromatic N) is 1. The first-order valence-corrected chi connectivity index (χ1v) is 7.74. The van der Waals surface area contributed by atoms with E-state index in [0.717, 1.165) is 30.6 Å². The number of nitrogens with one attached hydrogen (secondary N) is 2. The van der Waals surface area contributed by atoms with E-state index in [4.69, 9.17) is 16.0 Å². The largest absolute Gasteiger partial charge is 0.438 e. The monoisotopic (exact) mass is 319 g/mol. The van der Waals surface area contributed by atoms with Gasteiger partial charge in [0.25, 0.3) is 0 Å². The van der Waals surface area contributed by atoms with E-state index in [-0.39, 0.29) is 11.9 Å². The molecule has 6 heteroatoms. The first-order valence-electron chi connectivity index (χ1n) is 7.37. The molecule has 1 aliphatic heterocycles. The molecule has 5 nitrogen and oxygen atoms in total. The minimum absolute atomic E-state index is 0.00129. The highest BCUT2D eigenvalue weighted by atomic mass is 35.5. The van der Waals surface area contributed by atoms with Crippen molar-refractivity contribution in [1.29, 1.82) is 0 Å². The van der Waals surface area contributed by atoms with E-state index >= 15 is 0 Å². The van der Waals surface area contributed by atoms with Crippen molar-refractivity contribution in [2.24, 2.45) is 0 Å². The zero-order chi connectivity index (χ0) is 15.5. The van der Waals surface area contributed by atoms with Crippen molar-refractivity contribution in [3.63, 3.8) is 0 Å². The molecular weight excluding hydrogens is 302 g/mol. The van der Waals surface area contributed by atoms with Crippen LogP contribution in [0.1, 0.15) is 24.4 Å². The Kier molecular flexibility index (Phi) is 4.45. The van der Waals surface area contributed by atoms with E-state index in [2.05, 4.69) is 15.6 Å². The van der Waals surface area contributed by atoms with Gasteiger partial charge in [-0.3, -0.25) is 4.79 Å². The number of amides is 1. The zero-order valence-corrected chi connectivity index (χ0v) is 13.1. The maximum atomic E-state index is 12.0. The molecule has 0 radical (unpaired) electrons. The number of hydrogen-bond acceptors (Lipinski definition) is 4. The molecule has 0 saturated carbocycles. The fourth-order valence-corrected chi connectivity index (χ4v) is 2.72. The van der Waals surface area contributed by atoms with Crippen LogP contribution >= 0.6 is 11.6 Å². The molecule has 1 amide bonds. The third-order valence-corrected chi connectivity index (χ3v) is 3.99. The molecule has 1 saturated heterocycles. The second kappa shape index (κ2) is 6.50. The Balaban J connectivity index is 1.67. The van der Waals surface area contributed by atoms with Gasteiger partial charge < -0.3 is 15.1 Å². The number of benzene rings is 1. The lowest BCUT2D eigenvalue weighted by Gasteiger charge is -2.09. The van der Waals surface area contributed by atoms with Crippen molar-refractivity contribution in [2.45, 2.75) is 32.4 Å². The van der Waals surface area contributed by atoms with E-state index in [9.17, 15) is 4.79 Å². The van der Waals surface area contributed by atoms with Gasteiger partial charge in [-0.05, 0) is 50.6 Å². The van der Waals surface area contributed by atoms with E-state index in [0.29, 0.717) is 23.2 Å². The predicted molar refractivity (Wildman–Crippen MR) is 84.6 cm³/mol. The van der Waals surface area contributed by atoms with Crippen LogP contribution in [0, 0.1) is 6.92 Å². The van der Waals surface area contributed by atoms with Crippen molar-refractivity contribution in [1.82, 2.24) is 15.6 Å². The standard InChI is InChI=1S/C16H18ClN3O2/c1-10-15(11-4-6-12(17)7-5-11)22-14(20-10)9-19-16(21)13-3-2-8-18-13/h4-7,13,18H,2-3,8-9H2,1H3,(H,19,21). The number of carbonyl (C=O) groups is 1. The summed E-state index contributed by atoms with van der Waals surface area (Å²) in [5.41, 5.74) is 1.72. The molecule has 1 aromatic heterocycles. The average molecular weight is 320 g/mol. The van der Waals surface area contributed by atoms with Crippen molar-refractivity contribution in [2.75, 3.05) is 6.54 Å². The van der Waals surface area contributed by atoms with Crippen LogP contribution in [0.25, 0.3) is 11.3 Å². The fourth-order valence-electron chi connectivity index (χ4n) is 2.59. The smallest absolute Gasteiger partial charge is 0.237 e. The minimum atomic E-state index is -0.0909. The molecular formula is C16H18ClN3O2. The molecule has 0 bridgehead atoms. The number of aryl methyl sites for hydroxylation is 1. The summed E-state index contributed by atoms with van der Waals surface area (Å²) >= 11 is 5.89. The SMILES string of the molecule is Cc1nc(CNC(=O)C2CCCN2)oc1-c1ccc(Cl)cc1. The molecule has 22 heavy (non-hydrogen) atoms. The van der Waals surface area contributed by atoms with Gasteiger partial charge >= 0.3 is 0 Å². The number of rotatable bonds is 4. The predicted octanol–water partition coefficient (Wildman–Crippen LogP) is 2.67. The Morgan fingerprint density at radius 3 is 2.91 bits per heavy atom. The number of carbonyl (C=O) groups excluding carboxylic acids is 1. The van der Waals surface area contributed by atoms with Crippen molar-refractivity contribution < 1.29 is 9.21 Å². The van der Waals surface area contributed by atoms with Gasteiger partial charge in [0.1, 0.15) is 0 Å². The van der Waals surface area contributed by atoms with Crippen LogP contribution in [0.5, 0.6) is 0 Å².